The molecule has 0 aliphatic rings. The molecule has 2 rings (SSSR count). The van der Waals surface area contributed by atoms with Crippen LogP contribution in [0.25, 0.3) is 0 Å². The zero-order valence-electron chi connectivity index (χ0n) is 8.26. The summed E-state index contributed by atoms with van der Waals surface area (Å²) in [5.74, 6) is 0.240. The molecule has 0 saturated carbocycles. The highest BCUT2D eigenvalue weighted by molar-refractivity contribution is 5.27. The van der Waals surface area contributed by atoms with Crippen LogP contribution in [0.15, 0.2) is 30.5 Å². The third kappa shape index (κ3) is 1.81. The number of nitrogens with two attached hydrogens (primary N) is 1. The minimum atomic E-state index is -0.252. The number of benzene rings is 1. The van der Waals surface area contributed by atoms with Gasteiger partial charge in [-0.1, -0.05) is 17.3 Å². The normalized spacial score (nSPS) is 12.7. The van der Waals surface area contributed by atoms with Crippen molar-refractivity contribution < 1.29 is 4.39 Å². The lowest BCUT2D eigenvalue weighted by atomic mass is 10.1. The van der Waals surface area contributed by atoms with Crippen LogP contribution >= 0.6 is 0 Å². The first-order valence-corrected chi connectivity index (χ1v) is 4.59. The molecule has 2 aromatic rings. The van der Waals surface area contributed by atoms with Crippen molar-refractivity contribution in [3.05, 3.63) is 41.8 Å². The van der Waals surface area contributed by atoms with Gasteiger partial charge < -0.3 is 5.73 Å². The molecule has 1 aromatic heterocycles. The molecule has 0 unspecified atom stereocenters. The fourth-order valence-electron chi connectivity index (χ4n) is 1.43. The van der Waals surface area contributed by atoms with Crippen LogP contribution in [0, 0.1) is 5.82 Å². The number of anilines is 1. The van der Waals surface area contributed by atoms with Gasteiger partial charge in [0.2, 0.25) is 0 Å². The Morgan fingerprint density at radius 2 is 2.00 bits per heavy atom. The van der Waals surface area contributed by atoms with Crippen LogP contribution in [0.4, 0.5) is 10.2 Å². The van der Waals surface area contributed by atoms with E-state index in [4.69, 9.17) is 5.73 Å². The fourth-order valence-corrected chi connectivity index (χ4v) is 1.43. The van der Waals surface area contributed by atoms with Crippen molar-refractivity contribution in [3.63, 3.8) is 0 Å². The summed E-state index contributed by atoms with van der Waals surface area (Å²) < 4.78 is 14.3. The second-order valence-electron chi connectivity index (χ2n) is 3.33. The van der Waals surface area contributed by atoms with Crippen molar-refractivity contribution in [2.75, 3.05) is 5.73 Å². The molecule has 1 aromatic carbocycles. The molecule has 5 heteroatoms. The Balaban J connectivity index is 2.32. The molecule has 2 N–H and O–H groups in total. The average Bonchev–Trinajstić information content (AvgIpc) is 2.65. The quantitative estimate of drug-likeness (QED) is 0.812. The van der Waals surface area contributed by atoms with E-state index in [1.807, 2.05) is 6.92 Å². The van der Waals surface area contributed by atoms with E-state index in [-0.39, 0.29) is 11.9 Å². The van der Waals surface area contributed by atoms with E-state index in [9.17, 15) is 4.39 Å². The maximum atomic E-state index is 12.7. The molecule has 0 radical (unpaired) electrons. The molecule has 0 fully saturated rings. The van der Waals surface area contributed by atoms with Crippen LogP contribution in [0.1, 0.15) is 18.5 Å². The summed E-state index contributed by atoms with van der Waals surface area (Å²) in [6.07, 6.45) is 1.49. The molecule has 0 aliphatic carbocycles. The minimum absolute atomic E-state index is 0.0481. The van der Waals surface area contributed by atoms with Crippen LogP contribution in [-0.2, 0) is 0 Å². The molecule has 0 saturated heterocycles. The van der Waals surface area contributed by atoms with Gasteiger partial charge in [0.05, 0.1) is 12.2 Å². The number of halogens is 1. The van der Waals surface area contributed by atoms with Crippen LogP contribution in [0.2, 0.25) is 0 Å². The van der Waals surface area contributed by atoms with Crippen LogP contribution in [-0.4, -0.2) is 15.0 Å². The summed E-state index contributed by atoms with van der Waals surface area (Å²) >= 11 is 0. The third-order valence-corrected chi connectivity index (χ3v) is 2.32. The van der Waals surface area contributed by atoms with Gasteiger partial charge in [-0.2, -0.15) is 0 Å². The Morgan fingerprint density at radius 3 is 2.53 bits per heavy atom. The number of rotatable bonds is 2. The minimum Gasteiger partial charge on any atom is -0.383 e. The Morgan fingerprint density at radius 1 is 1.33 bits per heavy atom. The van der Waals surface area contributed by atoms with Crippen molar-refractivity contribution >= 4 is 5.82 Å². The Hall–Kier alpha value is -1.91. The van der Waals surface area contributed by atoms with Crippen LogP contribution < -0.4 is 5.73 Å². The van der Waals surface area contributed by atoms with E-state index in [1.54, 1.807) is 16.8 Å². The highest BCUT2D eigenvalue weighted by Gasteiger charge is 2.11. The molecule has 1 atom stereocenters. The molecule has 0 bridgehead atoms. The van der Waals surface area contributed by atoms with Crippen LogP contribution in [0.3, 0.4) is 0 Å². The first-order chi connectivity index (χ1) is 7.18. The zero-order valence-corrected chi connectivity index (χ0v) is 8.26. The maximum absolute atomic E-state index is 12.7. The molecule has 4 nitrogen and oxygen atoms in total. The number of aromatic nitrogens is 3. The Kier molecular flexibility index (Phi) is 2.37. The molecule has 1 heterocycles. The second kappa shape index (κ2) is 3.68. The summed E-state index contributed by atoms with van der Waals surface area (Å²) in [5.41, 5.74) is 6.61. The molecule has 78 valence electrons. The molecule has 0 spiro atoms. The summed E-state index contributed by atoms with van der Waals surface area (Å²) in [6, 6.07) is 6.20. The molecule has 0 aliphatic heterocycles. The van der Waals surface area contributed by atoms with Gasteiger partial charge in [-0.25, -0.2) is 9.07 Å². The number of hydrogen-bond donors (Lipinski definition) is 1. The van der Waals surface area contributed by atoms with Crippen LogP contribution in [0.5, 0.6) is 0 Å². The van der Waals surface area contributed by atoms with E-state index in [0.717, 1.165) is 5.56 Å². The van der Waals surface area contributed by atoms with Crippen molar-refractivity contribution in [1.82, 2.24) is 15.0 Å². The van der Waals surface area contributed by atoms with Gasteiger partial charge in [-0.05, 0) is 24.6 Å². The lowest BCUT2D eigenvalue weighted by Crippen LogP contribution is -2.11. The van der Waals surface area contributed by atoms with Crippen molar-refractivity contribution in [2.45, 2.75) is 13.0 Å². The first-order valence-electron chi connectivity index (χ1n) is 4.59. The SMILES string of the molecule is C[C@@H](c1ccc(F)cc1)n1nncc1N. The van der Waals surface area contributed by atoms with Crippen molar-refractivity contribution in [1.29, 1.82) is 0 Å². The predicted octanol–water partition coefficient (Wildman–Crippen LogP) is 1.61. The highest BCUT2D eigenvalue weighted by atomic mass is 19.1. The smallest absolute Gasteiger partial charge is 0.142 e. The maximum Gasteiger partial charge on any atom is 0.142 e. The number of nitrogen functional groups attached to an aromatic ring is 1. The van der Waals surface area contributed by atoms with E-state index < -0.39 is 0 Å². The van der Waals surface area contributed by atoms with Crippen molar-refractivity contribution in [3.8, 4) is 0 Å². The Bertz CT molecular complexity index is 449. The van der Waals surface area contributed by atoms with Crippen molar-refractivity contribution in [2.24, 2.45) is 0 Å². The van der Waals surface area contributed by atoms with E-state index in [0.29, 0.717) is 5.82 Å². The van der Waals surface area contributed by atoms with E-state index in [1.165, 1.54) is 18.3 Å². The third-order valence-electron chi connectivity index (χ3n) is 2.32. The summed E-state index contributed by atoms with van der Waals surface area (Å²) in [6.45, 7) is 1.93. The van der Waals surface area contributed by atoms with E-state index in [2.05, 4.69) is 10.3 Å². The summed E-state index contributed by atoms with van der Waals surface area (Å²) in [5, 5.41) is 7.56. The molecule has 0 amide bonds. The number of nitrogens with zero attached hydrogens (tertiary/aromatic N) is 3. The molecule has 15 heavy (non-hydrogen) atoms. The highest BCUT2D eigenvalue weighted by Crippen LogP contribution is 2.19. The van der Waals surface area contributed by atoms with Gasteiger partial charge in [0, 0.05) is 0 Å². The number of hydrogen-bond acceptors (Lipinski definition) is 3. The monoisotopic (exact) mass is 206 g/mol. The Labute approximate surface area is 86.5 Å². The standard InChI is InChI=1S/C10H11FN4/c1-7(15-10(12)6-13-14-15)8-2-4-9(11)5-3-8/h2-7H,12H2,1H3/t7-/m0/s1. The molecular weight excluding hydrogens is 195 g/mol. The van der Waals surface area contributed by atoms with Gasteiger partial charge in [0.25, 0.3) is 0 Å². The first kappa shape index (κ1) is 9.64. The largest absolute Gasteiger partial charge is 0.383 e. The molecular formula is C10H11FN4. The second-order valence-corrected chi connectivity index (χ2v) is 3.33. The lowest BCUT2D eigenvalue weighted by Gasteiger charge is -2.12. The van der Waals surface area contributed by atoms with Gasteiger partial charge in [-0.3, -0.25) is 0 Å². The van der Waals surface area contributed by atoms with Gasteiger partial charge >= 0.3 is 0 Å². The van der Waals surface area contributed by atoms with Gasteiger partial charge in [0.1, 0.15) is 11.6 Å². The fraction of sp³-hybridized carbons (Fsp3) is 0.200. The topological polar surface area (TPSA) is 56.7 Å². The average molecular weight is 206 g/mol. The van der Waals surface area contributed by atoms with E-state index >= 15 is 0 Å². The van der Waals surface area contributed by atoms with Gasteiger partial charge in [-0.15, -0.1) is 5.10 Å². The summed E-state index contributed by atoms with van der Waals surface area (Å²) in [7, 11) is 0. The predicted molar refractivity (Wildman–Crippen MR) is 54.6 cm³/mol. The van der Waals surface area contributed by atoms with Gasteiger partial charge in [0.15, 0.2) is 0 Å². The zero-order chi connectivity index (χ0) is 10.8. The summed E-state index contributed by atoms with van der Waals surface area (Å²) in [4.78, 5) is 0. The lowest BCUT2D eigenvalue weighted by molar-refractivity contribution is 0.548.